The van der Waals surface area contributed by atoms with Crippen LogP contribution in [0.25, 0.3) is 0 Å². The van der Waals surface area contributed by atoms with Gasteiger partial charge in [-0.15, -0.1) is 0 Å². The zero-order chi connectivity index (χ0) is 9.14. The Kier molecular flexibility index (Phi) is 2.32. The summed E-state index contributed by atoms with van der Waals surface area (Å²) in [5.41, 5.74) is 6.23. The molecule has 0 aliphatic carbocycles. The Morgan fingerprint density at radius 3 is 2.83 bits per heavy atom. The van der Waals surface area contributed by atoms with E-state index in [9.17, 15) is 4.79 Å². The topological polar surface area (TPSA) is 81.0 Å². The number of nitrogens with one attached hydrogen (secondary N) is 1. The molecular weight excluding hydrogens is 158 g/mol. The van der Waals surface area contributed by atoms with Crippen LogP contribution in [0.3, 0.4) is 0 Å². The molecule has 5 heteroatoms. The van der Waals surface area contributed by atoms with Crippen molar-refractivity contribution >= 4 is 11.9 Å². The van der Waals surface area contributed by atoms with Gasteiger partial charge in [-0.3, -0.25) is 0 Å². The van der Waals surface area contributed by atoms with Gasteiger partial charge in [0, 0.05) is 5.69 Å². The fraction of sp³-hybridized carbons (Fsp3) is 0.429. The van der Waals surface area contributed by atoms with Gasteiger partial charge in [0.1, 0.15) is 0 Å². The van der Waals surface area contributed by atoms with Gasteiger partial charge in [0.05, 0.1) is 6.61 Å². The first-order valence-corrected chi connectivity index (χ1v) is 3.64. The zero-order valence-electron chi connectivity index (χ0n) is 7.05. The largest absolute Gasteiger partial charge is 0.461 e. The van der Waals surface area contributed by atoms with Crippen LogP contribution in [0, 0.1) is 6.92 Å². The summed E-state index contributed by atoms with van der Waals surface area (Å²) >= 11 is 0. The van der Waals surface area contributed by atoms with Crippen molar-refractivity contribution in [2.24, 2.45) is 0 Å². The van der Waals surface area contributed by atoms with Crippen LogP contribution in [0.15, 0.2) is 0 Å². The number of ether oxygens (including phenoxy) is 1. The maximum absolute atomic E-state index is 11.1. The number of aromatic amines is 1. The van der Waals surface area contributed by atoms with E-state index >= 15 is 0 Å². The van der Waals surface area contributed by atoms with E-state index in [0.29, 0.717) is 12.3 Å². The lowest BCUT2D eigenvalue weighted by atomic mass is 10.3. The first kappa shape index (κ1) is 8.58. The van der Waals surface area contributed by atoms with Crippen molar-refractivity contribution < 1.29 is 9.53 Å². The van der Waals surface area contributed by atoms with Crippen LogP contribution in [-0.4, -0.2) is 22.5 Å². The molecule has 0 spiro atoms. The third-order valence-electron chi connectivity index (χ3n) is 1.37. The second-order valence-corrected chi connectivity index (χ2v) is 2.32. The Morgan fingerprint density at radius 1 is 1.75 bits per heavy atom. The number of nitrogens with two attached hydrogens (primary N) is 1. The third-order valence-corrected chi connectivity index (χ3v) is 1.37. The molecule has 0 atom stereocenters. The lowest BCUT2D eigenvalue weighted by molar-refractivity contribution is 0.0519. The molecule has 66 valence electrons. The molecule has 5 nitrogen and oxygen atoms in total. The Bertz CT molecular complexity index is 293. The first-order valence-electron chi connectivity index (χ1n) is 3.64. The number of carbonyl (C=O) groups excluding carboxylic acids is 1. The normalized spacial score (nSPS) is 9.83. The molecule has 0 aliphatic heterocycles. The summed E-state index contributed by atoms with van der Waals surface area (Å²) in [6, 6.07) is 0. The number of rotatable bonds is 2. The molecule has 0 saturated carbocycles. The lowest BCUT2D eigenvalue weighted by Crippen LogP contribution is -2.06. The van der Waals surface area contributed by atoms with E-state index in [4.69, 9.17) is 10.5 Å². The quantitative estimate of drug-likeness (QED) is 0.631. The minimum atomic E-state index is -0.442. The summed E-state index contributed by atoms with van der Waals surface area (Å²) in [5.74, 6) is -0.210. The van der Waals surface area contributed by atoms with E-state index in [-0.39, 0.29) is 11.6 Å². The fourth-order valence-corrected chi connectivity index (χ4v) is 0.882. The number of hydrogen-bond acceptors (Lipinski definition) is 4. The summed E-state index contributed by atoms with van der Waals surface area (Å²) in [7, 11) is 0. The number of aromatic nitrogens is 2. The monoisotopic (exact) mass is 169 g/mol. The molecule has 1 rings (SSSR count). The second-order valence-electron chi connectivity index (χ2n) is 2.32. The summed E-state index contributed by atoms with van der Waals surface area (Å²) in [5, 5.41) is 0. The highest BCUT2D eigenvalue weighted by Gasteiger charge is 2.13. The SMILES string of the molecule is CCOC(=O)c1nc(N)[nH]c1C. The van der Waals surface area contributed by atoms with Crippen molar-refractivity contribution in [3.63, 3.8) is 0 Å². The average Bonchev–Trinajstić information content (AvgIpc) is 2.30. The van der Waals surface area contributed by atoms with Gasteiger partial charge in [-0.2, -0.15) is 0 Å². The molecular formula is C7H11N3O2. The van der Waals surface area contributed by atoms with Crippen molar-refractivity contribution in [3.8, 4) is 0 Å². The number of nitrogen functional groups attached to an aromatic ring is 1. The van der Waals surface area contributed by atoms with Gasteiger partial charge in [0.25, 0.3) is 0 Å². The highest BCUT2D eigenvalue weighted by molar-refractivity contribution is 5.88. The Balaban J connectivity index is 2.87. The third kappa shape index (κ3) is 1.55. The lowest BCUT2D eigenvalue weighted by Gasteiger charge is -1.97. The molecule has 0 fully saturated rings. The maximum Gasteiger partial charge on any atom is 0.358 e. The molecule has 0 unspecified atom stereocenters. The number of hydrogen-bond donors (Lipinski definition) is 2. The van der Waals surface area contributed by atoms with Crippen molar-refractivity contribution in [2.75, 3.05) is 12.3 Å². The number of anilines is 1. The Hall–Kier alpha value is -1.52. The summed E-state index contributed by atoms with van der Waals surface area (Å²) in [4.78, 5) is 17.6. The van der Waals surface area contributed by atoms with Crippen LogP contribution in [-0.2, 0) is 4.74 Å². The number of nitrogens with zero attached hydrogens (tertiary/aromatic N) is 1. The van der Waals surface area contributed by atoms with E-state index in [1.807, 2.05) is 0 Å². The molecule has 0 saturated heterocycles. The Labute approximate surface area is 69.9 Å². The van der Waals surface area contributed by atoms with Crippen LogP contribution in [0.1, 0.15) is 23.1 Å². The smallest absolute Gasteiger partial charge is 0.358 e. The molecule has 12 heavy (non-hydrogen) atoms. The van der Waals surface area contributed by atoms with E-state index in [0.717, 1.165) is 0 Å². The molecule has 1 aromatic rings. The van der Waals surface area contributed by atoms with E-state index in [1.54, 1.807) is 13.8 Å². The first-order chi connectivity index (χ1) is 5.65. The van der Waals surface area contributed by atoms with Crippen LogP contribution in [0.2, 0.25) is 0 Å². The fourth-order valence-electron chi connectivity index (χ4n) is 0.882. The van der Waals surface area contributed by atoms with Crippen LogP contribution >= 0.6 is 0 Å². The molecule has 3 N–H and O–H groups in total. The van der Waals surface area contributed by atoms with Crippen molar-refractivity contribution in [1.82, 2.24) is 9.97 Å². The standard InChI is InChI=1S/C7H11N3O2/c1-3-12-6(11)5-4(2)9-7(8)10-5/h3H2,1-2H3,(H3,8,9,10). The molecule has 0 aliphatic rings. The van der Waals surface area contributed by atoms with Crippen LogP contribution in [0.4, 0.5) is 5.95 Å². The molecule has 0 bridgehead atoms. The number of aryl methyl sites for hydroxylation is 1. The van der Waals surface area contributed by atoms with Gasteiger partial charge < -0.3 is 15.5 Å². The van der Waals surface area contributed by atoms with E-state index in [1.165, 1.54) is 0 Å². The maximum atomic E-state index is 11.1. The van der Waals surface area contributed by atoms with Gasteiger partial charge in [-0.1, -0.05) is 0 Å². The van der Waals surface area contributed by atoms with Gasteiger partial charge in [0.2, 0.25) is 0 Å². The predicted octanol–water partition coefficient (Wildman–Crippen LogP) is 0.477. The number of H-pyrrole nitrogens is 1. The highest BCUT2D eigenvalue weighted by atomic mass is 16.5. The zero-order valence-corrected chi connectivity index (χ0v) is 7.05. The van der Waals surface area contributed by atoms with Gasteiger partial charge in [0.15, 0.2) is 11.6 Å². The molecule has 0 radical (unpaired) electrons. The van der Waals surface area contributed by atoms with E-state index in [2.05, 4.69) is 9.97 Å². The van der Waals surface area contributed by atoms with Crippen molar-refractivity contribution in [1.29, 1.82) is 0 Å². The highest BCUT2D eigenvalue weighted by Crippen LogP contribution is 2.06. The minimum Gasteiger partial charge on any atom is -0.461 e. The second kappa shape index (κ2) is 3.25. The number of imidazole rings is 1. The van der Waals surface area contributed by atoms with Gasteiger partial charge in [-0.05, 0) is 13.8 Å². The summed E-state index contributed by atoms with van der Waals surface area (Å²) in [6.45, 7) is 3.80. The number of carbonyl (C=O) groups is 1. The molecule has 0 aromatic carbocycles. The van der Waals surface area contributed by atoms with Crippen molar-refractivity contribution in [3.05, 3.63) is 11.4 Å². The molecule has 0 amide bonds. The van der Waals surface area contributed by atoms with E-state index < -0.39 is 5.97 Å². The predicted molar refractivity (Wildman–Crippen MR) is 43.7 cm³/mol. The van der Waals surface area contributed by atoms with Gasteiger partial charge in [-0.25, -0.2) is 9.78 Å². The average molecular weight is 169 g/mol. The molecule has 1 aromatic heterocycles. The van der Waals surface area contributed by atoms with Gasteiger partial charge >= 0.3 is 5.97 Å². The van der Waals surface area contributed by atoms with Crippen LogP contribution in [0.5, 0.6) is 0 Å². The summed E-state index contributed by atoms with van der Waals surface area (Å²) < 4.78 is 4.75. The molecule has 1 heterocycles. The van der Waals surface area contributed by atoms with Crippen molar-refractivity contribution in [2.45, 2.75) is 13.8 Å². The number of esters is 1. The Morgan fingerprint density at radius 2 is 2.42 bits per heavy atom. The van der Waals surface area contributed by atoms with Crippen LogP contribution < -0.4 is 5.73 Å². The minimum absolute atomic E-state index is 0.232. The summed E-state index contributed by atoms with van der Waals surface area (Å²) in [6.07, 6.45) is 0.